The largest absolute Gasteiger partial charge is 0.508 e. The number of fused-ring (bicyclic) bond motifs is 4. The molecule has 28 heavy (non-hydrogen) atoms. The number of aromatic hydroxyl groups is 1. The second-order valence-corrected chi connectivity index (χ2v) is 7.05. The fourth-order valence-corrected chi connectivity index (χ4v) is 3.86. The minimum absolute atomic E-state index is 0.137. The van der Waals surface area contributed by atoms with Gasteiger partial charge >= 0.3 is 0 Å². The average molecular weight is 370 g/mol. The average Bonchev–Trinajstić information content (AvgIpc) is 2.70. The van der Waals surface area contributed by atoms with E-state index in [1.165, 1.54) is 11.0 Å². The number of aromatic nitrogens is 2. The third-order valence-electron chi connectivity index (χ3n) is 5.24. The van der Waals surface area contributed by atoms with Crippen LogP contribution in [0.3, 0.4) is 0 Å². The number of ether oxygens (including phenoxy) is 1. The van der Waals surface area contributed by atoms with Crippen molar-refractivity contribution < 1.29 is 9.84 Å². The summed E-state index contributed by atoms with van der Waals surface area (Å²) < 4.78 is 7.25. The van der Waals surface area contributed by atoms with Gasteiger partial charge in [-0.1, -0.05) is 42.0 Å². The van der Waals surface area contributed by atoms with Crippen LogP contribution in [0.15, 0.2) is 60.9 Å². The zero-order chi connectivity index (χ0) is 19.4. The van der Waals surface area contributed by atoms with Gasteiger partial charge in [0.1, 0.15) is 17.8 Å². The fourth-order valence-electron chi connectivity index (χ4n) is 3.86. The number of rotatable bonds is 1. The summed E-state index contributed by atoms with van der Waals surface area (Å²) >= 11 is 0. The molecule has 6 nitrogen and oxygen atoms in total. The Morgan fingerprint density at radius 2 is 1.82 bits per heavy atom. The van der Waals surface area contributed by atoms with E-state index in [0.29, 0.717) is 17.2 Å². The quantitative estimate of drug-likeness (QED) is 0.393. The summed E-state index contributed by atoms with van der Waals surface area (Å²) in [5, 5.41) is 20.5. The summed E-state index contributed by atoms with van der Waals surface area (Å²) in [7, 11) is 0. The number of nitrogen functional groups attached to an aromatic ring is 1. The van der Waals surface area contributed by atoms with Gasteiger partial charge in [-0.05, 0) is 41.5 Å². The molecule has 4 N–H and O–H groups in total. The number of phenolic OH excluding ortho intramolecular Hbond substituents is 1. The van der Waals surface area contributed by atoms with Crippen molar-refractivity contribution in [2.45, 2.75) is 12.8 Å². The lowest BCUT2D eigenvalue weighted by Gasteiger charge is -2.29. The Hall–Kier alpha value is -3.80. The number of nitrogens with one attached hydrogen (secondary N) is 1. The third-order valence-corrected chi connectivity index (χ3v) is 5.24. The van der Waals surface area contributed by atoms with Gasteiger partial charge < -0.3 is 15.7 Å². The number of benzene rings is 3. The molecule has 5 rings (SSSR count). The van der Waals surface area contributed by atoms with Crippen molar-refractivity contribution in [3.05, 3.63) is 88.7 Å². The Labute approximate surface area is 161 Å². The van der Waals surface area contributed by atoms with Gasteiger partial charge in [-0.3, -0.25) is 5.41 Å². The van der Waals surface area contributed by atoms with E-state index in [0.717, 1.165) is 27.5 Å². The van der Waals surface area contributed by atoms with E-state index < -0.39 is 0 Å². The van der Waals surface area contributed by atoms with Crippen LogP contribution in [0.5, 0.6) is 17.4 Å². The van der Waals surface area contributed by atoms with Gasteiger partial charge in [0.25, 0.3) is 0 Å². The maximum absolute atomic E-state index is 10.1. The molecule has 1 atom stereocenters. The van der Waals surface area contributed by atoms with Crippen molar-refractivity contribution in [3.63, 3.8) is 0 Å². The highest BCUT2D eigenvalue weighted by Gasteiger charge is 2.33. The van der Waals surface area contributed by atoms with E-state index in [1.54, 1.807) is 12.1 Å². The van der Waals surface area contributed by atoms with Crippen LogP contribution in [0, 0.1) is 12.3 Å². The van der Waals surface area contributed by atoms with E-state index >= 15 is 0 Å². The normalized spacial score (nSPS) is 15.0. The lowest BCUT2D eigenvalue weighted by atomic mass is 9.81. The lowest BCUT2D eigenvalue weighted by Crippen LogP contribution is -2.33. The van der Waals surface area contributed by atoms with Gasteiger partial charge in [-0.15, -0.1) is 0 Å². The molecule has 0 aliphatic carbocycles. The van der Waals surface area contributed by atoms with Crippen LogP contribution in [-0.2, 0) is 0 Å². The molecule has 0 bridgehead atoms. The fraction of sp³-hybridized carbons (Fsp3) is 0.0909. The molecule has 0 amide bonds. The molecule has 0 saturated heterocycles. The van der Waals surface area contributed by atoms with Gasteiger partial charge in [-0.25, -0.2) is 9.66 Å². The highest BCUT2D eigenvalue weighted by atomic mass is 16.5. The predicted molar refractivity (Wildman–Crippen MR) is 106 cm³/mol. The van der Waals surface area contributed by atoms with Crippen molar-refractivity contribution in [2.24, 2.45) is 0 Å². The number of aryl methyl sites for hydroxylation is 1. The molecule has 6 heteroatoms. The Morgan fingerprint density at radius 3 is 2.61 bits per heavy atom. The minimum atomic E-state index is -0.291. The molecule has 1 aliphatic rings. The number of hydrogen-bond donors (Lipinski definition) is 3. The van der Waals surface area contributed by atoms with E-state index in [4.69, 9.17) is 16.0 Å². The Balaban J connectivity index is 1.90. The SMILES string of the molecule is Cc1ccc([C@@H]2c3c(ncn(N)c3=N)Oc3ccc4ccc(O)cc4c32)cc1. The van der Waals surface area contributed by atoms with E-state index in [2.05, 4.69) is 4.98 Å². The maximum Gasteiger partial charge on any atom is 0.228 e. The predicted octanol–water partition coefficient (Wildman–Crippen LogP) is 3.53. The Morgan fingerprint density at radius 1 is 1.07 bits per heavy atom. The van der Waals surface area contributed by atoms with Crippen molar-refractivity contribution >= 4 is 10.8 Å². The Kier molecular flexibility index (Phi) is 3.42. The molecule has 0 fully saturated rings. The van der Waals surface area contributed by atoms with Gasteiger partial charge in [0.15, 0.2) is 5.49 Å². The highest BCUT2D eigenvalue weighted by molar-refractivity contribution is 5.91. The number of nitrogens with two attached hydrogens (primary N) is 1. The van der Waals surface area contributed by atoms with Gasteiger partial charge in [-0.2, -0.15) is 0 Å². The second kappa shape index (κ2) is 5.85. The highest BCUT2D eigenvalue weighted by Crippen LogP contribution is 2.48. The van der Waals surface area contributed by atoms with Gasteiger partial charge in [0.05, 0.1) is 5.56 Å². The summed E-state index contributed by atoms with van der Waals surface area (Å²) in [5.74, 6) is 6.87. The summed E-state index contributed by atoms with van der Waals surface area (Å²) in [4.78, 5) is 4.32. The number of nitrogens with zero attached hydrogens (tertiary/aromatic N) is 2. The van der Waals surface area contributed by atoms with Crippen LogP contribution >= 0.6 is 0 Å². The molecule has 0 saturated carbocycles. The lowest BCUT2D eigenvalue weighted by molar-refractivity contribution is 0.427. The van der Waals surface area contributed by atoms with Gasteiger partial charge in [0.2, 0.25) is 5.88 Å². The molecule has 3 aromatic carbocycles. The van der Waals surface area contributed by atoms with Crippen LogP contribution in [-0.4, -0.2) is 14.8 Å². The standard InChI is InChI=1S/C22H18N4O2/c1-12-2-4-14(5-3-12)18-19-16-10-15(27)8-6-13(16)7-9-17(19)28-22-20(18)21(23)26(24)11-25-22/h2-11,18,23,27H,24H2,1H3/t18-/m0/s1. The summed E-state index contributed by atoms with van der Waals surface area (Å²) in [6.45, 7) is 2.04. The molecule has 2 heterocycles. The van der Waals surface area contributed by atoms with Crippen molar-refractivity contribution in [1.82, 2.24) is 9.66 Å². The maximum atomic E-state index is 10.1. The van der Waals surface area contributed by atoms with Crippen molar-refractivity contribution in [2.75, 3.05) is 5.84 Å². The zero-order valence-electron chi connectivity index (χ0n) is 15.2. The summed E-state index contributed by atoms with van der Waals surface area (Å²) in [6.07, 6.45) is 1.38. The topological polar surface area (TPSA) is 97.2 Å². The number of phenols is 1. The first-order valence-electron chi connectivity index (χ1n) is 8.94. The van der Waals surface area contributed by atoms with Crippen LogP contribution in [0.25, 0.3) is 10.8 Å². The molecule has 138 valence electrons. The first-order valence-corrected chi connectivity index (χ1v) is 8.94. The van der Waals surface area contributed by atoms with Crippen molar-refractivity contribution in [1.29, 1.82) is 5.41 Å². The molecular formula is C22H18N4O2. The zero-order valence-corrected chi connectivity index (χ0v) is 15.2. The summed E-state index contributed by atoms with van der Waals surface area (Å²) in [6, 6.07) is 17.3. The van der Waals surface area contributed by atoms with E-state index in [9.17, 15) is 5.11 Å². The Bertz CT molecular complexity index is 1290. The molecular weight excluding hydrogens is 352 g/mol. The third kappa shape index (κ3) is 2.35. The molecule has 0 spiro atoms. The first kappa shape index (κ1) is 16.4. The van der Waals surface area contributed by atoms with Crippen LogP contribution in [0.2, 0.25) is 0 Å². The molecule has 1 aromatic heterocycles. The smallest absolute Gasteiger partial charge is 0.228 e. The molecule has 4 aromatic rings. The number of hydrogen-bond acceptors (Lipinski definition) is 5. The summed E-state index contributed by atoms with van der Waals surface area (Å²) in [5.41, 5.74) is 3.80. The van der Waals surface area contributed by atoms with E-state index in [1.807, 2.05) is 49.4 Å². The molecule has 1 aliphatic heterocycles. The van der Waals surface area contributed by atoms with Gasteiger partial charge in [0, 0.05) is 11.5 Å². The second-order valence-electron chi connectivity index (χ2n) is 7.05. The monoisotopic (exact) mass is 370 g/mol. The van der Waals surface area contributed by atoms with Crippen LogP contribution in [0.1, 0.15) is 28.2 Å². The molecule has 0 unspecified atom stereocenters. The van der Waals surface area contributed by atoms with E-state index in [-0.39, 0.29) is 17.2 Å². The minimum Gasteiger partial charge on any atom is -0.508 e. The van der Waals surface area contributed by atoms with Crippen LogP contribution in [0.4, 0.5) is 0 Å². The van der Waals surface area contributed by atoms with Crippen LogP contribution < -0.4 is 16.1 Å². The van der Waals surface area contributed by atoms with Crippen molar-refractivity contribution in [3.8, 4) is 17.4 Å². The first-order chi connectivity index (χ1) is 13.5. The molecule has 0 radical (unpaired) electrons.